The molecule has 0 unspecified atom stereocenters. The number of ether oxygens (including phenoxy) is 2. The molecule has 5 heteroatoms. The Labute approximate surface area is 128 Å². The Hall–Kier alpha value is -1.88. The molecule has 0 aliphatic heterocycles. The van der Waals surface area contributed by atoms with Gasteiger partial charge < -0.3 is 9.47 Å². The van der Waals surface area contributed by atoms with Gasteiger partial charge in [0.2, 0.25) is 0 Å². The second-order valence-corrected chi connectivity index (χ2v) is 5.60. The number of aryl methyl sites for hydroxylation is 2. The van der Waals surface area contributed by atoms with E-state index in [1.54, 1.807) is 23.5 Å². The molecule has 2 rings (SSSR count). The lowest BCUT2D eigenvalue weighted by molar-refractivity contribution is 0.0509. The number of rotatable bonds is 6. The van der Waals surface area contributed by atoms with Crippen LogP contribution in [0.3, 0.4) is 0 Å². The van der Waals surface area contributed by atoms with Crippen LogP contribution in [0.1, 0.15) is 33.4 Å². The standard InChI is InChI=1S/C16H19NO3S/c1-4-19-14-6-5-13(9-11(14)2)16(18)20-8-7-15-12(3)17-10-21-15/h5-6,9-10H,4,7-8H2,1-3H3. The number of hydrogen-bond donors (Lipinski definition) is 0. The molecule has 112 valence electrons. The molecule has 0 saturated heterocycles. The first kappa shape index (κ1) is 15.5. The fourth-order valence-electron chi connectivity index (χ4n) is 1.98. The van der Waals surface area contributed by atoms with Gasteiger partial charge in [-0.25, -0.2) is 9.78 Å². The lowest BCUT2D eigenvalue weighted by Gasteiger charge is -2.09. The molecular weight excluding hydrogens is 286 g/mol. The SMILES string of the molecule is CCOc1ccc(C(=O)OCCc2scnc2C)cc1C. The first-order chi connectivity index (χ1) is 10.1. The lowest BCUT2D eigenvalue weighted by Crippen LogP contribution is -2.08. The van der Waals surface area contributed by atoms with Gasteiger partial charge in [0.25, 0.3) is 0 Å². The van der Waals surface area contributed by atoms with Crippen molar-refractivity contribution in [3.8, 4) is 5.75 Å². The van der Waals surface area contributed by atoms with Crippen molar-refractivity contribution >= 4 is 17.3 Å². The summed E-state index contributed by atoms with van der Waals surface area (Å²) in [6.45, 7) is 6.79. The van der Waals surface area contributed by atoms with Crippen LogP contribution in [0.15, 0.2) is 23.7 Å². The van der Waals surface area contributed by atoms with E-state index in [4.69, 9.17) is 9.47 Å². The zero-order valence-electron chi connectivity index (χ0n) is 12.5. The predicted molar refractivity (Wildman–Crippen MR) is 83.2 cm³/mol. The number of esters is 1. The van der Waals surface area contributed by atoms with E-state index in [2.05, 4.69) is 4.98 Å². The Balaban J connectivity index is 1.91. The molecule has 0 amide bonds. The van der Waals surface area contributed by atoms with Crippen LogP contribution in [0.2, 0.25) is 0 Å². The van der Waals surface area contributed by atoms with Gasteiger partial charge >= 0.3 is 5.97 Å². The van der Waals surface area contributed by atoms with Crippen LogP contribution in [0, 0.1) is 13.8 Å². The largest absolute Gasteiger partial charge is 0.494 e. The van der Waals surface area contributed by atoms with Crippen molar-refractivity contribution in [1.82, 2.24) is 4.98 Å². The number of carbonyl (C=O) groups excluding carboxylic acids is 1. The number of hydrogen-bond acceptors (Lipinski definition) is 5. The predicted octanol–water partition coefficient (Wildman–Crippen LogP) is 3.56. The molecule has 0 saturated carbocycles. The van der Waals surface area contributed by atoms with E-state index in [0.29, 0.717) is 25.2 Å². The normalized spacial score (nSPS) is 10.4. The molecule has 0 atom stereocenters. The van der Waals surface area contributed by atoms with Gasteiger partial charge in [0.1, 0.15) is 5.75 Å². The second-order valence-electron chi connectivity index (χ2n) is 4.66. The van der Waals surface area contributed by atoms with Crippen molar-refractivity contribution in [2.45, 2.75) is 27.2 Å². The van der Waals surface area contributed by atoms with E-state index in [1.165, 1.54) is 0 Å². The van der Waals surface area contributed by atoms with Crippen molar-refractivity contribution < 1.29 is 14.3 Å². The van der Waals surface area contributed by atoms with E-state index >= 15 is 0 Å². The van der Waals surface area contributed by atoms with Crippen molar-refractivity contribution in [2.75, 3.05) is 13.2 Å². The minimum absolute atomic E-state index is 0.302. The van der Waals surface area contributed by atoms with E-state index in [1.807, 2.05) is 32.3 Å². The number of benzene rings is 1. The maximum Gasteiger partial charge on any atom is 0.338 e. The summed E-state index contributed by atoms with van der Waals surface area (Å²) in [5.41, 5.74) is 4.30. The van der Waals surface area contributed by atoms with Crippen molar-refractivity contribution in [3.63, 3.8) is 0 Å². The first-order valence-corrected chi connectivity index (χ1v) is 7.79. The average Bonchev–Trinajstić information content (AvgIpc) is 2.87. The van der Waals surface area contributed by atoms with Crippen LogP contribution in [-0.2, 0) is 11.2 Å². The fourth-order valence-corrected chi connectivity index (χ4v) is 2.74. The molecule has 0 fully saturated rings. The van der Waals surface area contributed by atoms with Gasteiger partial charge in [0.15, 0.2) is 0 Å². The van der Waals surface area contributed by atoms with Gasteiger partial charge in [0, 0.05) is 11.3 Å². The van der Waals surface area contributed by atoms with Crippen LogP contribution >= 0.6 is 11.3 Å². The van der Waals surface area contributed by atoms with Gasteiger partial charge in [-0.05, 0) is 44.5 Å². The monoisotopic (exact) mass is 305 g/mol. The van der Waals surface area contributed by atoms with E-state index in [-0.39, 0.29) is 5.97 Å². The molecule has 0 radical (unpaired) electrons. The minimum atomic E-state index is -0.302. The summed E-state index contributed by atoms with van der Waals surface area (Å²) in [7, 11) is 0. The van der Waals surface area contributed by atoms with E-state index in [9.17, 15) is 4.79 Å². The fraction of sp³-hybridized carbons (Fsp3) is 0.375. The van der Waals surface area contributed by atoms with Gasteiger partial charge in [-0.3, -0.25) is 0 Å². The van der Waals surface area contributed by atoms with Crippen LogP contribution in [-0.4, -0.2) is 24.2 Å². The van der Waals surface area contributed by atoms with Crippen LogP contribution in [0.4, 0.5) is 0 Å². The van der Waals surface area contributed by atoms with Gasteiger partial charge in [0.05, 0.1) is 30.0 Å². The third-order valence-electron chi connectivity index (χ3n) is 3.12. The molecule has 1 heterocycles. The average molecular weight is 305 g/mol. The van der Waals surface area contributed by atoms with Crippen LogP contribution in [0.25, 0.3) is 0 Å². The van der Waals surface area contributed by atoms with Crippen molar-refractivity contribution in [1.29, 1.82) is 0 Å². The highest BCUT2D eigenvalue weighted by Crippen LogP contribution is 2.20. The highest BCUT2D eigenvalue weighted by Gasteiger charge is 2.10. The van der Waals surface area contributed by atoms with Crippen LogP contribution < -0.4 is 4.74 Å². The van der Waals surface area contributed by atoms with Gasteiger partial charge in [-0.2, -0.15) is 0 Å². The molecule has 1 aromatic carbocycles. The Morgan fingerprint density at radius 2 is 2.14 bits per heavy atom. The zero-order chi connectivity index (χ0) is 15.2. The van der Waals surface area contributed by atoms with E-state index in [0.717, 1.165) is 21.9 Å². The number of nitrogens with zero attached hydrogens (tertiary/aromatic N) is 1. The highest BCUT2D eigenvalue weighted by atomic mass is 32.1. The Kier molecular flexibility index (Phi) is 5.33. The number of thiazole rings is 1. The molecular formula is C16H19NO3S. The minimum Gasteiger partial charge on any atom is -0.494 e. The van der Waals surface area contributed by atoms with Gasteiger partial charge in [-0.1, -0.05) is 0 Å². The lowest BCUT2D eigenvalue weighted by atomic mass is 10.1. The molecule has 0 aliphatic rings. The molecule has 0 bridgehead atoms. The topological polar surface area (TPSA) is 48.4 Å². The smallest absolute Gasteiger partial charge is 0.338 e. The third-order valence-corrected chi connectivity index (χ3v) is 4.11. The first-order valence-electron chi connectivity index (χ1n) is 6.91. The Morgan fingerprint density at radius 3 is 2.76 bits per heavy atom. The molecule has 21 heavy (non-hydrogen) atoms. The second kappa shape index (κ2) is 7.22. The summed E-state index contributed by atoms with van der Waals surface area (Å²) in [6, 6.07) is 5.34. The molecule has 1 aromatic heterocycles. The summed E-state index contributed by atoms with van der Waals surface area (Å²) in [6.07, 6.45) is 0.707. The molecule has 0 aliphatic carbocycles. The summed E-state index contributed by atoms with van der Waals surface area (Å²) >= 11 is 1.59. The number of carbonyl (C=O) groups is 1. The summed E-state index contributed by atoms with van der Waals surface area (Å²) in [5.74, 6) is 0.498. The summed E-state index contributed by atoms with van der Waals surface area (Å²) < 4.78 is 10.8. The number of aromatic nitrogens is 1. The third kappa shape index (κ3) is 4.04. The molecule has 2 aromatic rings. The molecule has 0 spiro atoms. The zero-order valence-corrected chi connectivity index (χ0v) is 13.3. The van der Waals surface area contributed by atoms with Crippen molar-refractivity contribution in [3.05, 3.63) is 45.4 Å². The summed E-state index contributed by atoms with van der Waals surface area (Å²) in [4.78, 5) is 17.3. The highest BCUT2D eigenvalue weighted by molar-refractivity contribution is 7.09. The quantitative estimate of drug-likeness (QED) is 0.766. The Bertz CT molecular complexity index is 622. The van der Waals surface area contributed by atoms with Gasteiger partial charge in [-0.15, -0.1) is 11.3 Å². The van der Waals surface area contributed by atoms with Crippen LogP contribution in [0.5, 0.6) is 5.75 Å². The summed E-state index contributed by atoms with van der Waals surface area (Å²) in [5, 5.41) is 0. The molecule has 0 N–H and O–H groups in total. The maximum absolute atomic E-state index is 12.0. The van der Waals surface area contributed by atoms with Crippen molar-refractivity contribution in [2.24, 2.45) is 0 Å². The maximum atomic E-state index is 12.0. The van der Waals surface area contributed by atoms with E-state index < -0.39 is 0 Å². The molecule has 4 nitrogen and oxygen atoms in total. The Morgan fingerprint density at radius 1 is 1.33 bits per heavy atom.